The summed E-state index contributed by atoms with van der Waals surface area (Å²) < 4.78 is 0. The highest BCUT2D eigenvalue weighted by Crippen LogP contribution is 1.97. The van der Waals surface area contributed by atoms with Crippen molar-refractivity contribution in [3.8, 4) is 0 Å². The molecule has 0 heterocycles. The molecule has 0 fully saturated rings. The third-order valence-corrected chi connectivity index (χ3v) is 1.71. The summed E-state index contributed by atoms with van der Waals surface area (Å²) >= 11 is 0. The zero-order chi connectivity index (χ0) is 11.8. The van der Waals surface area contributed by atoms with E-state index in [1.54, 1.807) is 6.92 Å². The van der Waals surface area contributed by atoms with E-state index in [0.29, 0.717) is 6.42 Å². The molecule has 4 N–H and O–H groups in total. The van der Waals surface area contributed by atoms with Crippen LogP contribution in [0.25, 0.3) is 0 Å². The van der Waals surface area contributed by atoms with Crippen molar-refractivity contribution in [2.45, 2.75) is 38.6 Å². The summed E-state index contributed by atoms with van der Waals surface area (Å²) in [5.41, 5.74) is 4.94. The first-order valence-electron chi connectivity index (χ1n) is 4.71. The van der Waals surface area contributed by atoms with Crippen LogP contribution in [0.5, 0.6) is 0 Å². The maximum Gasteiger partial charge on any atom is 0.303 e. The molecule has 0 rings (SSSR count). The van der Waals surface area contributed by atoms with Gasteiger partial charge in [0, 0.05) is 25.3 Å². The van der Waals surface area contributed by atoms with Gasteiger partial charge in [-0.1, -0.05) is 0 Å². The van der Waals surface area contributed by atoms with Crippen LogP contribution in [0.4, 0.5) is 0 Å². The minimum atomic E-state index is -0.923. The molecule has 0 aromatic rings. The zero-order valence-corrected chi connectivity index (χ0v) is 8.66. The van der Waals surface area contributed by atoms with E-state index in [2.05, 4.69) is 5.32 Å². The third kappa shape index (κ3) is 8.73. The Morgan fingerprint density at radius 3 is 2.40 bits per heavy atom. The molecule has 0 aliphatic heterocycles. The van der Waals surface area contributed by atoms with Crippen LogP contribution in [-0.4, -0.2) is 28.9 Å². The molecule has 0 aliphatic carbocycles. The molecule has 0 saturated carbocycles. The molecule has 0 spiro atoms. The monoisotopic (exact) mass is 216 g/mol. The van der Waals surface area contributed by atoms with Gasteiger partial charge in [0.1, 0.15) is 0 Å². The fourth-order valence-electron chi connectivity index (χ4n) is 1.10. The van der Waals surface area contributed by atoms with Crippen molar-refractivity contribution in [1.29, 1.82) is 0 Å². The second kappa shape index (κ2) is 6.80. The Balaban J connectivity index is 3.64. The number of amides is 2. The SMILES string of the molecule is CC(CC(N)=O)NC(=O)CCCC(=O)O. The predicted molar refractivity (Wildman–Crippen MR) is 52.9 cm³/mol. The topological polar surface area (TPSA) is 109 Å². The van der Waals surface area contributed by atoms with Crippen molar-refractivity contribution in [3.05, 3.63) is 0 Å². The van der Waals surface area contributed by atoms with Crippen LogP contribution in [0.15, 0.2) is 0 Å². The van der Waals surface area contributed by atoms with Gasteiger partial charge in [-0.15, -0.1) is 0 Å². The van der Waals surface area contributed by atoms with Crippen LogP contribution in [0, 0.1) is 0 Å². The molecule has 6 nitrogen and oxygen atoms in total. The van der Waals surface area contributed by atoms with Gasteiger partial charge in [-0.25, -0.2) is 0 Å². The first-order chi connectivity index (χ1) is 6.91. The summed E-state index contributed by atoms with van der Waals surface area (Å²) in [5, 5.41) is 10.9. The molecule has 0 bridgehead atoms. The van der Waals surface area contributed by atoms with Gasteiger partial charge in [0.15, 0.2) is 0 Å². The predicted octanol–water partition coefficient (Wildman–Crippen LogP) is -0.379. The average Bonchev–Trinajstić information content (AvgIpc) is 2.00. The summed E-state index contributed by atoms with van der Waals surface area (Å²) in [7, 11) is 0. The van der Waals surface area contributed by atoms with Crippen molar-refractivity contribution >= 4 is 17.8 Å². The standard InChI is InChI=1S/C9H16N2O4/c1-6(5-7(10)12)11-8(13)3-2-4-9(14)15/h6H,2-5H2,1H3,(H2,10,12)(H,11,13)(H,14,15). The molecule has 0 aromatic heterocycles. The number of hydrogen-bond acceptors (Lipinski definition) is 3. The van der Waals surface area contributed by atoms with Gasteiger partial charge < -0.3 is 16.2 Å². The Labute approximate surface area is 87.8 Å². The first kappa shape index (κ1) is 13.4. The Morgan fingerprint density at radius 2 is 1.93 bits per heavy atom. The zero-order valence-electron chi connectivity index (χ0n) is 8.66. The maximum atomic E-state index is 11.2. The Hall–Kier alpha value is -1.59. The molecular weight excluding hydrogens is 200 g/mol. The summed E-state index contributed by atoms with van der Waals surface area (Å²) in [6.07, 6.45) is 0.502. The van der Waals surface area contributed by atoms with E-state index < -0.39 is 11.9 Å². The fraction of sp³-hybridized carbons (Fsp3) is 0.667. The van der Waals surface area contributed by atoms with Gasteiger partial charge in [0.05, 0.1) is 0 Å². The fourth-order valence-corrected chi connectivity index (χ4v) is 1.10. The van der Waals surface area contributed by atoms with E-state index in [0.717, 1.165) is 0 Å². The molecule has 15 heavy (non-hydrogen) atoms. The average molecular weight is 216 g/mol. The van der Waals surface area contributed by atoms with Crippen LogP contribution < -0.4 is 11.1 Å². The number of rotatable bonds is 7. The lowest BCUT2D eigenvalue weighted by Crippen LogP contribution is -2.35. The summed E-state index contributed by atoms with van der Waals surface area (Å²) in [6, 6.07) is -0.306. The van der Waals surface area contributed by atoms with E-state index in [9.17, 15) is 14.4 Å². The quantitative estimate of drug-likeness (QED) is 0.538. The lowest BCUT2D eigenvalue weighted by atomic mass is 10.2. The summed E-state index contributed by atoms with van der Waals surface area (Å²) in [6.45, 7) is 1.67. The lowest BCUT2D eigenvalue weighted by Gasteiger charge is -2.11. The Kier molecular flexibility index (Phi) is 6.08. The van der Waals surface area contributed by atoms with Gasteiger partial charge in [-0.2, -0.15) is 0 Å². The van der Waals surface area contributed by atoms with Crippen LogP contribution >= 0.6 is 0 Å². The minimum absolute atomic E-state index is 0.0301. The summed E-state index contributed by atoms with van der Waals surface area (Å²) in [4.78, 5) is 31.8. The number of carboxylic acids is 1. The summed E-state index contributed by atoms with van der Waals surface area (Å²) in [5.74, 6) is -1.66. The molecule has 0 aromatic carbocycles. The van der Waals surface area contributed by atoms with Gasteiger partial charge in [0.2, 0.25) is 11.8 Å². The number of primary amides is 1. The normalized spacial score (nSPS) is 11.8. The highest BCUT2D eigenvalue weighted by Gasteiger charge is 2.09. The molecule has 6 heteroatoms. The maximum absolute atomic E-state index is 11.2. The minimum Gasteiger partial charge on any atom is -0.481 e. The number of nitrogens with one attached hydrogen (secondary N) is 1. The first-order valence-corrected chi connectivity index (χ1v) is 4.71. The number of hydrogen-bond donors (Lipinski definition) is 3. The number of aliphatic carboxylic acids is 1. The Morgan fingerprint density at radius 1 is 1.33 bits per heavy atom. The molecule has 1 unspecified atom stereocenters. The highest BCUT2D eigenvalue weighted by molar-refractivity contribution is 5.79. The number of carboxylic acid groups (broad SMARTS) is 1. The number of nitrogens with two attached hydrogens (primary N) is 1. The van der Waals surface area contributed by atoms with Crippen molar-refractivity contribution in [2.24, 2.45) is 5.73 Å². The van der Waals surface area contributed by atoms with Gasteiger partial charge in [-0.3, -0.25) is 14.4 Å². The number of carbonyl (C=O) groups is 3. The van der Waals surface area contributed by atoms with E-state index in [1.807, 2.05) is 0 Å². The van der Waals surface area contributed by atoms with E-state index in [-0.39, 0.29) is 31.2 Å². The third-order valence-electron chi connectivity index (χ3n) is 1.71. The highest BCUT2D eigenvalue weighted by atomic mass is 16.4. The lowest BCUT2D eigenvalue weighted by molar-refractivity contribution is -0.137. The van der Waals surface area contributed by atoms with Gasteiger partial charge in [0.25, 0.3) is 0 Å². The second-order valence-corrected chi connectivity index (χ2v) is 3.39. The molecule has 0 radical (unpaired) electrons. The van der Waals surface area contributed by atoms with Crippen molar-refractivity contribution in [1.82, 2.24) is 5.32 Å². The van der Waals surface area contributed by atoms with Crippen molar-refractivity contribution in [3.63, 3.8) is 0 Å². The molecule has 2 amide bonds. The van der Waals surface area contributed by atoms with Gasteiger partial charge in [-0.05, 0) is 13.3 Å². The molecule has 86 valence electrons. The van der Waals surface area contributed by atoms with E-state index >= 15 is 0 Å². The van der Waals surface area contributed by atoms with Gasteiger partial charge >= 0.3 is 5.97 Å². The van der Waals surface area contributed by atoms with E-state index in [1.165, 1.54) is 0 Å². The Bertz CT molecular complexity index is 252. The van der Waals surface area contributed by atoms with E-state index in [4.69, 9.17) is 10.8 Å². The molecule has 1 atom stereocenters. The van der Waals surface area contributed by atoms with Crippen molar-refractivity contribution in [2.75, 3.05) is 0 Å². The van der Waals surface area contributed by atoms with Crippen LogP contribution in [0.1, 0.15) is 32.6 Å². The van der Waals surface area contributed by atoms with Crippen LogP contribution in [0.2, 0.25) is 0 Å². The molecular formula is C9H16N2O4. The van der Waals surface area contributed by atoms with Crippen molar-refractivity contribution < 1.29 is 19.5 Å². The smallest absolute Gasteiger partial charge is 0.303 e. The van der Waals surface area contributed by atoms with Crippen LogP contribution in [-0.2, 0) is 14.4 Å². The molecule has 0 saturated heterocycles. The second-order valence-electron chi connectivity index (χ2n) is 3.39. The largest absolute Gasteiger partial charge is 0.481 e. The molecule has 0 aliphatic rings. The van der Waals surface area contributed by atoms with Crippen LogP contribution in [0.3, 0.4) is 0 Å². The number of carbonyl (C=O) groups excluding carboxylic acids is 2.